The van der Waals surface area contributed by atoms with Crippen LogP contribution in [0.4, 0.5) is 0 Å². The highest BCUT2D eigenvalue weighted by Gasteiger charge is 2.20. The zero-order valence-corrected chi connectivity index (χ0v) is 19.6. The summed E-state index contributed by atoms with van der Waals surface area (Å²) in [5, 5.41) is 6.20. The average molecular weight is 525 g/mol. The van der Waals surface area contributed by atoms with Gasteiger partial charge in [-0.1, -0.05) is 48.8 Å². The first-order valence-corrected chi connectivity index (χ1v) is 9.05. The number of rotatable bonds is 6. The molecule has 0 spiro atoms. The number of amides is 1. The monoisotopic (exact) mass is 524 g/mol. The van der Waals surface area contributed by atoms with Crippen LogP contribution in [0.3, 0.4) is 0 Å². The molecular weight excluding hydrogens is 495 g/mol. The van der Waals surface area contributed by atoms with Crippen molar-refractivity contribution >= 4 is 51.8 Å². The lowest BCUT2D eigenvalue weighted by molar-refractivity contribution is -0.128. The summed E-state index contributed by atoms with van der Waals surface area (Å²) in [6, 6.07) is 8.26. The Hall–Kier alpha value is -0.830. The second-order valence-corrected chi connectivity index (χ2v) is 7.64. The van der Waals surface area contributed by atoms with E-state index in [0.717, 1.165) is 23.5 Å². The van der Waals surface area contributed by atoms with Gasteiger partial charge in [0.05, 0.1) is 6.54 Å². The van der Waals surface area contributed by atoms with Gasteiger partial charge in [-0.2, -0.15) is 0 Å². The van der Waals surface area contributed by atoms with Crippen molar-refractivity contribution in [2.45, 2.75) is 34.2 Å². The molecule has 2 N–H and O–H groups in total. The molecule has 0 heterocycles. The Morgan fingerprint density at radius 3 is 2.32 bits per heavy atom. The van der Waals surface area contributed by atoms with Crippen molar-refractivity contribution in [3.8, 4) is 0 Å². The first-order chi connectivity index (χ1) is 11.2. The molecule has 0 aliphatic carbocycles. The molecule has 1 aromatic carbocycles. The van der Waals surface area contributed by atoms with E-state index < -0.39 is 0 Å². The van der Waals surface area contributed by atoms with E-state index in [1.807, 2.05) is 46.9 Å². The van der Waals surface area contributed by atoms with Crippen LogP contribution in [-0.2, 0) is 11.3 Å². The van der Waals surface area contributed by atoms with Crippen LogP contribution in [-0.4, -0.2) is 43.4 Å². The molecule has 0 fully saturated rings. The highest BCUT2D eigenvalue weighted by molar-refractivity contribution is 14.0. The number of nitrogens with zero attached hydrogens (tertiary/aromatic N) is 2. The molecule has 0 saturated carbocycles. The van der Waals surface area contributed by atoms with Crippen LogP contribution >= 0.6 is 39.9 Å². The lowest BCUT2D eigenvalue weighted by Crippen LogP contribution is -2.40. The van der Waals surface area contributed by atoms with Crippen LogP contribution in [0.15, 0.2) is 33.7 Å². The summed E-state index contributed by atoms with van der Waals surface area (Å²) in [5.74, 6) is 0.886. The van der Waals surface area contributed by atoms with Gasteiger partial charge in [0.25, 0.3) is 0 Å². The van der Waals surface area contributed by atoms with Gasteiger partial charge in [0, 0.05) is 36.6 Å². The van der Waals surface area contributed by atoms with Gasteiger partial charge in [0.2, 0.25) is 5.91 Å². The van der Waals surface area contributed by atoms with E-state index in [1.165, 1.54) is 5.56 Å². The molecule has 25 heavy (non-hydrogen) atoms. The fraction of sp³-hybridized carbons (Fsp3) is 0.556. The molecule has 0 saturated heterocycles. The molecule has 1 rings (SSSR count). The van der Waals surface area contributed by atoms with Gasteiger partial charge in [-0.25, -0.2) is 0 Å². The van der Waals surface area contributed by atoms with Crippen LogP contribution in [0.1, 0.15) is 33.3 Å². The van der Waals surface area contributed by atoms with Crippen molar-refractivity contribution in [3.63, 3.8) is 0 Å². The molecular formula is C18H30BrIN4O. The van der Waals surface area contributed by atoms with E-state index >= 15 is 0 Å². The second kappa shape index (κ2) is 11.7. The zero-order valence-electron chi connectivity index (χ0n) is 15.7. The zero-order chi connectivity index (χ0) is 18.2. The summed E-state index contributed by atoms with van der Waals surface area (Å²) in [5.41, 5.74) is 0.847. The van der Waals surface area contributed by atoms with Crippen molar-refractivity contribution < 1.29 is 4.79 Å². The standard InChI is InChI=1S/C18H29BrN4O.HI/c1-6-20-17(22-12-11-21-16(24)18(2,3)4)23(5)13-14-7-9-15(19)10-8-14;/h7-10H,6,11-13H2,1-5H3,(H,20,22)(H,21,24);1H. The second-order valence-electron chi connectivity index (χ2n) is 6.72. The lowest BCUT2D eigenvalue weighted by Gasteiger charge is -2.22. The van der Waals surface area contributed by atoms with Gasteiger partial charge in [-0.05, 0) is 24.6 Å². The Balaban J connectivity index is 0.00000576. The maximum atomic E-state index is 11.8. The molecule has 0 radical (unpaired) electrons. The minimum atomic E-state index is -0.368. The van der Waals surface area contributed by atoms with Gasteiger partial charge in [-0.3, -0.25) is 9.79 Å². The van der Waals surface area contributed by atoms with E-state index in [9.17, 15) is 4.79 Å². The Morgan fingerprint density at radius 1 is 1.20 bits per heavy atom. The van der Waals surface area contributed by atoms with E-state index in [4.69, 9.17) is 0 Å². The predicted octanol–water partition coefficient (Wildman–Crippen LogP) is 3.63. The number of nitrogens with one attached hydrogen (secondary N) is 2. The summed E-state index contributed by atoms with van der Waals surface area (Å²) in [6.07, 6.45) is 0. The Labute approximate surface area is 177 Å². The molecule has 0 bridgehead atoms. The van der Waals surface area contributed by atoms with Crippen LogP contribution in [0.2, 0.25) is 0 Å². The number of hydrogen-bond donors (Lipinski definition) is 2. The highest BCUT2D eigenvalue weighted by Crippen LogP contribution is 2.12. The van der Waals surface area contributed by atoms with Gasteiger partial charge in [0.15, 0.2) is 5.96 Å². The van der Waals surface area contributed by atoms with Crippen molar-refractivity contribution in [1.29, 1.82) is 0 Å². The molecule has 0 unspecified atom stereocenters. The Kier molecular flexibility index (Phi) is 11.3. The number of hydrogen-bond acceptors (Lipinski definition) is 2. The van der Waals surface area contributed by atoms with Crippen molar-refractivity contribution in [1.82, 2.24) is 15.5 Å². The summed E-state index contributed by atoms with van der Waals surface area (Å²) < 4.78 is 1.07. The van der Waals surface area contributed by atoms with Crippen molar-refractivity contribution in [2.75, 3.05) is 26.7 Å². The number of carbonyl (C=O) groups excluding carboxylic acids is 1. The molecule has 1 amide bonds. The number of carbonyl (C=O) groups is 1. The van der Waals surface area contributed by atoms with Crippen molar-refractivity contribution in [2.24, 2.45) is 10.4 Å². The average Bonchev–Trinajstić information content (AvgIpc) is 2.51. The van der Waals surface area contributed by atoms with Crippen LogP contribution in [0.5, 0.6) is 0 Å². The SMILES string of the molecule is CCNC(=NCCNC(=O)C(C)(C)C)N(C)Cc1ccc(Br)cc1.I. The van der Waals surface area contributed by atoms with Crippen molar-refractivity contribution in [3.05, 3.63) is 34.3 Å². The summed E-state index contributed by atoms with van der Waals surface area (Å²) >= 11 is 3.45. The van der Waals surface area contributed by atoms with Crippen LogP contribution in [0, 0.1) is 5.41 Å². The quantitative estimate of drug-likeness (QED) is 0.258. The number of aliphatic imine (C=N–C) groups is 1. The molecule has 142 valence electrons. The molecule has 1 aromatic rings. The maximum absolute atomic E-state index is 11.8. The first-order valence-electron chi connectivity index (χ1n) is 8.26. The minimum Gasteiger partial charge on any atom is -0.357 e. The van der Waals surface area contributed by atoms with Gasteiger partial charge in [-0.15, -0.1) is 24.0 Å². The molecule has 0 atom stereocenters. The molecule has 5 nitrogen and oxygen atoms in total. The summed E-state index contributed by atoms with van der Waals surface area (Å²) in [6.45, 7) is 10.4. The number of guanidine groups is 1. The summed E-state index contributed by atoms with van der Waals surface area (Å²) in [7, 11) is 2.01. The van der Waals surface area contributed by atoms with Gasteiger partial charge in [0.1, 0.15) is 0 Å². The first kappa shape index (κ1) is 24.2. The smallest absolute Gasteiger partial charge is 0.225 e. The lowest BCUT2D eigenvalue weighted by atomic mass is 9.96. The maximum Gasteiger partial charge on any atom is 0.225 e. The minimum absolute atomic E-state index is 0. The van der Waals surface area contributed by atoms with Crippen LogP contribution in [0.25, 0.3) is 0 Å². The topological polar surface area (TPSA) is 56.7 Å². The van der Waals surface area contributed by atoms with Gasteiger partial charge >= 0.3 is 0 Å². The van der Waals surface area contributed by atoms with Gasteiger partial charge < -0.3 is 15.5 Å². The van der Waals surface area contributed by atoms with E-state index in [1.54, 1.807) is 0 Å². The Bertz CT molecular complexity index is 555. The van der Waals surface area contributed by atoms with E-state index in [-0.39, 0.29) is 35.3 Å². The fourth-order valence-corrected chi connectivity index (χ4v) is 2.27. The summed E-state index contributed by atoms with van der Waals surface area (Å²) in [4.78, 5) is 18.5. The number of benzene rings is 1. The highest BCUT2D eigenvalue weighted by atomic mass is 127. The molecule has 0 aromatic heterocycles. The molecule has 0 aliphatic heterocycles. The van der Waals surface area contributed by atoms with E-state index in [2.05, 4.69) is 48.6 Å². The molecule has 7 heteroatoms. The normalized spacial score (nSPS) is 11.5. The number of halogens is 2. The third-order valence-electron chi connectivity index (χ3n) is 3.37. The third-order valence-corrected chi connectivity index (χ3v) is 3.90. The Morgan fingerprint density at radius 2 is 1.80 bits per heavy atom. The predicted molar refractivity (Wildman–Crippen MR) is 119 cm³/mol. The third kappa shape index (κ3) is 9.44. The van der Waals surface area contributed by atoms with E-state index in [0.29, 0.717) is 13.1 Å². The largest absolute Gasteiger partial charge is 0.357 e. The van der Waals surface area contributed by atoms with Crippen LogP contribution < -0.4 is 10.6 Å². The fourth-order valence-electron chi connectivity index (χ4n) is 2.00. The molecule has 0 aliphatic rings.